The molecule has 0 radical (unpaired) electrons. The van der Waals surface area contributed by atoms with E-state index in [1.807, 2.05) is 0 Å². The van der Waals surface area contributed by atoms with Gasteiger partial charge in [0.2, 0.25) is 5.78 Å². The van der Waals surface area contributed by atoms with Crippen molar-refractivity contribution < 1.29 is 32.3 Å². The minimum atomic E-state index is -5.20. The normalized spacial score (nSPS) is 12.7. The Labute approximate surface area is 145 Å². The molecule has 0 bridgehead atoms. The number of aromatic nitrogens is 3. The molecular formula is C15H15F3N4O4. The van der Waals surface area contributed by atoms with Gasteiger partial charge in [0.1, 0.15) is 11.7 Å². The number of halogens is 3. The minimum absolute atomic E-state index is 0.0279. The lowest BCUT2D eigenvalue weighted by Crippen LogP contribution is -2.48. The van der Waals surface area contributed by atoms with Crippen molar-refractivity contribution in [1.82, 2.24) is 19.7 Å². The lowest BCUT2D eigenvalue weighted by Gasteiger charge is -2.17. The summed E-state index contributed by atoms with van der Waals surface area (Å²) in [6.45, 7) is 3.44. The van der Waals surface area contributed by atoms with Crippen LogP contribution in [0.1, 0.15) is 28.3 Å². The molecule has 1 unspecified atom stereocenters. The van der Waals surface area contributed by atoms with Crippen LogP contribution in [0, 0.1) is 13.8 Å². The highest BCUT2D eigenvalue weighted by atomic mass is 19.4. The van der Waals surface area contributed by atoms with Crippen molar-refractivity contribution in [3.8, 4) is 0 Å². The fourth-order valence-electron chi connectivity index (χ4n) is 2.39. The first-order valence-corrected chi connectivity index (χ1v) is 7.35. The number of hydrogen-bond acceptors (Lipinski definition) is 6. The first kappa shape index (κ1) is 19.3. The average Bonchev–Trinajstić information content (AvgIpc) is 2.96. The maximum absolute atomic E-state index is 12.5. The summed E-state index contributed by atoms with van der Waals surface area (Å²) >= 11 is 0. The SMILES string of the molecule is COC(=O)C(CC(=O)c1cnc2nc(C)cc(C)n12)NC(=O)C(F)(F)F. The molecule has 0 saturated heterocycles. The molecule has 2 aromatic rings. The first-order valence-electron chi connectivity index (χ1n) is 7.35. The number of nitrogens with zero attached hydrogens (tertiary/aromatic N) is 3. The summed E-state index contributed by atoms with van der Waals surface area (Å²) in [4.78, 5) is 43.4. The number of methoxy groups -OCH3 is 1. The van der Waals surface area contributed by atoms with Crippen molar-refractivity contribution in [2.45, 2.75) is 32.5 Å². The molecule has 0 aliphatic carbocycles. The summed E-state index contributed by atoms with van der Waals surface area (Å²) in [6, 6.07) is -0.0970. The Balaban J connectivity index is 2.30. The van der Waals surface area contributed by atoms with E-state index in [4.69, 9.17) is 0 Å². The van der Waals surface area contributed by atoms with Crippen molar-refractivity contribution in [3.05, 3.63) is 29.3 Å². The number of esters is 1. The molecule has 2 heterocycles. The van der Waals surface area contributed by atoms with Crippen LogP contribution in [-0.2, 0) is 14.3 Å². The summed E-state index contributed by atoms with van der Waals surface area (Å²) in [6.07, 6.45) is -4.72. The molecule has 1 amide bonds. The predicted octanol–water partition coefficient (Wildman–Crippen LogP) is 1.14. The van der Waals surface area contributed by atoms with E-state index in [9.17, 15) is 27.6 Å². The van der Waals surface area contributed by atoms with Crippen molar-refractivity contribution in [2.24, 2.45) is 0 Å². The Morgan fingerprint density at radius 1 is 1.31 bits per heavy atom. The molecule has 2 rings (SSSR count). The van der Waals surface area contributed by atoms with Crippen LogP contribution < -0.4 is 5.32 Å². The summed E-state index contributed by atoms with van der Waals surface area (Å²) in [5, 5.41) is 1.47. The monoisotopic (exact) mass is 372 g/mol. The van der Waals surface area contributed by atoms with Crippen molar-refractivity contribution >= 4 is 23.4 Å². The van der Waals surface area contributed by atoms with Gasteiger partial charge in [-0.1, -0.05) is 0 Å². The Hall–Kier alpha value is -2.98. The zero-order chi connectivity index (χ0) is 19.6. The maximum Gasteiger partial charge on any atom is 0.471 e. The number of imidazole rings is 1. The summed E-state index contributed by atoms with van der Waals surface area (Å²) in [5.41, 5.74) is 1.33. The van der Waals surface area contributed by atoms with Crippen molar-refractivity contribution in [3.63, 3.8) is 0 Å². The Bertz CT molecular complexity index is 876. The summed E-state index contributed by atoms with van der Waals surface area (Å²) in [7, 11) is 0.935. The van der Waals surface area contributed by atoms with Crippen LogP contribution in [0.15, 0.2) is 12.3 Å². The first-order chi connectivity index (χ1) is 12.0. The Morgan fingerprint density at radius 2 is 1.96 bits per heavy atom. The minimum Gasteiger partial charge on any atom is -0.467 e. The summed E-state index contributed by atoms with van der Waals surface area (Å²) < 4.78 is 43.0. The molecule has 11 heteroatoms. The number of fused-ring (bicyclic) bond motifs is 1. The second-order valence-corrected chi connectivity index (χ2v) is 5.49. The number of carbonyl (C=O) groups excluding carboxylic acids is 3. The number of hydrogen-bond donors (Lipinski definition) is 1. The third kappa shape index (κ3) is 3.98. The van der Waals surface area contributed by atoms with Crippen molar-refractivity contribution in [1.29, 1.82) is 0 Å². The van der Waals surface area contributed by atoms with Gasteiger partial charge in [-0.3, -0.25) is 14.0 Å². The smallest absolute Gasteiger partial charge is 0.467 e. The van der Waals surface area contributed by atoms with Crippen LogP contribution in [0.3, 0.4) is 0 Å². The second-order valence-electron chi connectivity index (χ2n) is 5.49. The Kier molecular flexibility index (Phi) is 5.28. The molecule has 0 aliphatic rings. The number of alkyl halides is 3. The molecule has 140 valence electrons. The van der Waals surface area contributed by atoms with Crippen LogP contribution in [0.25, 0.3) is 5.78 Å². The van der Waals surface area contributed by atoms with E-state index in [1.165, 1.54) is 15.9 Å². The fraction of sp³-hybridized carbons (Fsp3) is 0.400. The van der Waals surface area contributed by atoms with Gasteiger partial charge in [-0.05, 0) is 19.9 Å². The molecule has 26 heavy (non-hydrogen) atoms. The predicted molar refractivity (Wildman–Crippen MR) is 81.4 cm³/mol. The summed E-state index contributed by atoms with van der Waals surface area (Å²) in [5.74, 6) is -3.98. The average molecular weight is 372 g/mol. The third-order valence-electron chi connectivity index (χ3n) is 3.51. The van der Waals surface area contributed by atoms with E-state index in [1.54, 1.807) is 19.9 Å². The van der Waals surface area contributed by atoms with E-state index < -0.39 is 36.3 Å². The van der Waals surface area contributed by atoms with Gasteiger partial charge in [0, 0.05) is 17.8 Å². The molecular weight excluding hydrogens is 357 g/mol. The largest absolute Gasteiger partial charge is 0.471 e. The highest BCUT2D eigenvalue weighted by Gasteiger charge is 2.41. The van der Waals surface area contributed by atoms with Gasteiger partial charge in [0.15, 0.2) is 5.78 Å². The van der Waals surface area contributed by atoms with E-state index in [-0.39, 0.29) is 11.5 Å². The molecule has 0 aliphatic heterocycles. The number of Topliss-reactive ketones (excluding diaryl/α,β-unsaturated/α-hetero) is 1. The Morgan fingerprint density at radius 3 is 2.54 bits per heavy atom. The highest BCUT2D eigenvalue weighted by Crippen LogP contribution is 2.17. The molecule has 0 spiro atoms. The zero-order valence-corrected chi connectivity index (χ0v) is 14.0. The molecule has 2 aromatic heterocycles. The van der Waals surface area contributed by atoms with Gasteiger partial charge in [-0.15, -0.1) is 0 Å². The van der Waals surface area contributed by atoms with Gasteiger partial charge in [-0.2, -0.15) is 13.2 Å². The van der Waals surface area contributed by atoms with Crippen LogP contribution in [0.5, 0.6) is 0 Å². The lowest BCUT2D eigenvalue weighted by molar-refractivity contribution is -0.175. The van der Waals surface area contributed by atoms with Gasteiger partial charge in [0.05, 0.1) is 13.3 Å². The lowest BCUT2D eigenvalue weighted by atomic mass is 10.1. The number of nitrogens with one attached hydrogen (secondary N) is 1. The van der Waals surface area contributed by atoms with E-state index in [0.717, 1.165) is 7.11 Å². The topological polar surface area (TPSA) is 103 Å². The van der Waals surface area contributed by atoms with E-state index in [2.05, 4.69) is 14.7 Å². The number of ether oxygens (including phenoxy) is 1. The molecule has 0 saturated carbocycles. The van der Waals surface area contributed by atoms with Crippen LogP contribution in [0.2, 0.25) is 0 Å². The standard InChI is InChI=1S/C15H15F3N4O4/c1-7-4-8(2)22-10(6-19-14(22)20-7)11(23)5-9(12(24)26-3)21-13(25)15(16,17)18/h4,6,9H,5H2,1-3H3,(H,21,25). The number of carbonyl (C=O) groups is 3. The number of ketones is 1. The van der Waals surface area contributed by atoms with Crippen LogP contribution in [0.4, 0.5) is 13.2 Å². The van der Waals surface area contributed by atoms with Crippen molar-refractivity contribution in [2.75, 3.05) is 7.11 Å². The highest BCUT2D eigenvalue weighted by molar-refractivity contribution is 5.99. The second kappa shape index (κ2) is 7.10. The van der Waals surface area contributed by atoms with Gasteiger partial charge >= 0.3 is 18.1 Å². The third-order valence-corrected chi connectivity index (χ3v) is 3.51. The van der Waals surface area contributed by atoms with Gasteiger partial charge in [-0.25, -0.2) is 14.8 Å². The molecule has 0 fully saturated rings. The number of amides is 1. The quantitative estimate of drug-likeness (QED) is 0.624. The van der Waals surface area contributed by atoms with Crippen LogP contribution in [-0.4, -0.2) is 51.4 Å². The molecule has 1 atom stereocenters. The molecule has 1 N–H and O–H groups in total. The van der Waals surface area contributed by atoms with Gasteiger partial charge in [0.25, 0.3) is 0 Å². The van der Waals surface area contributed by atoms with E-state index in [0.29, 0.717) is 11.4 Å². The zero-order valence-electron chi connectivity index (χ0n) is 14.0. The molecule has 8 nitrogen and oxygen atoms in total. The maximum atomic E-state index is 12.5. The van der Waals surface area contributed by atoms with Crippen LogP contribution >= 0.6 is 0 Å². The molecule has 0 aromatic carbocycles. The fourth-order valence-corrected chi connectivity index (χ4v) is 2.39. The number of rotatable bonds is 5. The number of aryl methyl sites for hydroxylation is 2. The van der Waals surface area contributed by atoms with E-state index >= 15 is 0 Å². The van der Waals surface area contributed by atoms with Gasteiger partial charge < -0.3 is 10.1 Å².